The second-order valence-electron chi connectivity index (χ2n) is 4.77. The highest BCUT2D eigenvalue weighted by Crippen LogP contribution is 2.15. The average Bonchev–Trinajstić information content (AvgIpc) is 3.03. The minimum Gasteiger partial charge on any atom is -0.346 e. The summed E-state index contributed by atoms with van der Waals surface area (Å²) in [5.41, 5.74) is 0.484. The Morgan fingerprint density at radius 1 is 1.40 bits per heavy atom. The summed E-state index contributed by atoms with van der Waals surface area (Å²) in [7, 11) is 0. The minimum absolute atomic E-state index is 0.100. The molecule has 3 rings (SSSR count). The van der Waals surface area contributed by atoms with E-state index < -0.39 is 0 Å². The first kappa shape index (κ1) is 12.6. The number of carbonyl (C=O) groups is 1. The lowest BCUT2D eigenvalue weighted by Gasteiger charge is -2.32. The molecule has 2 aromatic heterocycles. The van der Waals surface area contributed by atoms with Crippen LogP contribution < -0.4 is 10.2 Å². The molecular formula is C13H16N6O. The van der Waals surface area contributed by atoms with Crippen molar-refractivity contribution < 1.29 is 4.79 Å². The summed E-state index contributed by atoms with van der Waals surface area (Å²) >= 11 is 0. The van der Waals surface area contributed by atoms with Crippen molar-refractivity contribution in [1.29, 1.82) is 0 Å². The predicted molar refractivity (Wildman–Crippen MR) is 73.3 cm³/mol. The topological polar surface area (TPSA) is 86.8 Å². The monoisotopic (exact) mass is 272 g/mol. The Labute approximate surface area is 116 Å². The molecule has 7 heteroatoms. The summed E-state index contributed by atoms with van der Waals surface area (Å²) < 4.78 is 0. The molecule has 20 heavy (non-hydrogen) atoms. The van der Waals surface area contributed by atoms with Crippen LogP contribution in [0.15, 0.2) is 31.0 Å². The molecule has 1 aliphatic heterocycles. The van der Waals surface area contributed by atoms with Crippen LogP contribution in [0, 0.1) is 0 Å². The van der Waals surface area contributed by atoms with Crippen molar-refractivity contribution in [3.8, 4) is 0 Å². The van der Waals surface area contributed by atoms with Gasteiger partial charge in [-0.15, -0.1) is 0 Å². The van der Waals surface area contributed by atoms with Crippen molar-refractivity contribution in [2.75, 3.05) is 18.0 Å². The fourth-order valence-corrected chi connectivity index (χ4v) is 2.37. The number of hydrogen-bond acceptors (Lipinski definition) is 5. The van der Waals surface area contributed by atoms with Crippen LogP contribution in [-0.4, -0.2) is 45.0 Å². The quantitative estimate of drug-likeness (QED) is 0.854. The van der Waals surface area contributed by atoms with E-state index in [0.717, 1.165) is 25.9 Å². The molecule has 3 heterocycles. The third-order valence-electron chi connectivity index (χ3n) is 3.33. The van der Waals surface area contributed by atoms with Gasteiger partial charge in [0.05, 0.1) is 12.5 Å². The van der Waals surface area contributed by atoms with Gasteiger partial charge < -0.3 is 15.2 Å². The number of hydrogen-bond donors (Lipinski definition) is 2. The fourth-order valence-electron chi connectivity index (χ4n) is 2.37. The molecule has 1 fully saturated rings. The Balaban J connectivity index is 1.62. The van der Waals surface area contributed by atoms with Crippen LogP contribution in [0.4, 0.5) is 5.95 Å². The molecule has 0 saturated carbocycles. The van der Waals surface area contributed by atoms with Gasteiger partial charge in [-0.25, -0.2) is 15.0 Å². The van der Waals surface area contributed by atoms with Crippen LogP contribution in [0.1, 0.15) is 23.3 Å². The molecule has 1 aliphatic rings. The van der Waals surface area contributed by atoms with E-state index >= 15 is 0 Å². The smallest absolute Gasteiger partial charge is 0.269 e. The van der Waals surface area contributed by atoms with Crippen LogP contribution in [-0.2, 0) is 0 Å². The van der Waals surface area contributed by atoms with Crippen LogP contribution in [0.3, 0.4) is 0 Å². The Morgan fingerprint density at radius 3 is 3.00 bits per heavy atom. The first-order valence-electron chi connectivity index (χ1n) is 6.64. The Hall–Kier alpha value is -2.44. The lowest BCUT2D eigenvalue weighted by molar-refractivity contribution is 0.0928. The number of anilines is 1. The molecule has 104 valence electrons. The molecule has 1 atom stereocenters. The first-order chi connectivity index (χ1) is 9.83. The van der Waals surface area contributed by atoms with Gasteiger partial charge in [-0.2, -0.15) is 0 Å². The number of H-pyrrole nitrogens is 1. The van der Waals surface area contributed by atoms with E-state index in [-0.39, 0.29) is 11.9 Å². The Morgan fingerprint density at radius 2 is 2.25 bits per heavy atom. The van der Waals surface area contributed by atoms with Gasteiger partial charge in [-0.1, -0.05) is 0 Å². The summed E-state index contributed by atoms with van der Waals surface area (Å²) in [5, 5.41) is 3.01. The van der Waals surface area contributed by atoms with E-state index in [1.807, 2.05) is 0 Å². The fraction of sp³-hybridized carbons (Fsp3) is 0.385. The molecular weight excluding hydrogens is 256 g/mol. The first-order valence-corrected chi connectivity index (χ1v) is 6.64. The average molecular weight is 272 g/mol. The van der Waals surface area contributed by atoms with Gasteiger partial charge in [0, 0.05) is 31.5 Å². The molecule has 1 amide bonds. The van der Waals surface area contributed by atoms with Crippen molar-refractivity contribution in [2.45, 2.75) is 18.9 Å². The molecule has 2 N–H and O–H groups in total. The maximum Gasteiger partial charge on any atom is 0.269 e. The highest BCUT2D eigenvalue weighted by Gasteiger charge is 2.23. The number of rotatable bonds is 3. The number of carbonyl (C=O) groups excluding carboxylic acids is 1. The van der Waals surface area contributed by atoms with Gasteiger partial charge in [0.2, 0.25) is 5.95 Å². The van der Waals surface area contributed by atoms with Gasteiger partial charge in [0.25, 0.3) is 5.91 Å². The standard InChI is InChI=1S/C13H16N6O/c20-12(11-7-14-9-17-11)18-10-3-1-6-19(8-10)13-15-4-2-5-16-13/h2,4-5,7,9-10H,1,3,6,8H2,(H,14,17)(H,18,20). The Kier molecular flexibility index (Phi) is 3.58. The summed E-state index contributed by atoms with van der Waals surface area (Å²) in [6, 6.07) is 1.90. The highest BCUT2D eigenvalue weighted by molar-refractivity contribution is 5.92. The van der Waals surface area contributed by atoms with E-state index in [1.165, 1.54) is 12.5 Å². The molecule has 0 spiro atoms. The highest BCUT2D eigenvalue weighted by atomic mass is 16.2. The zero-order valence-corrected chi connectivity index (χ0v) is 11.0. The summed E-state index contributed by atoms with van der Waals surface area (Å²) in [6.45, 7) is 1.64. The lowest BCUT2D eigenvalue weighted by atomic mass is 10.1. The van der Waals surface area contributed by atoms with Crippen molar-refractivity contribution in [2.24, 2.45) is 0 Å². The minimum atomic E-state index is -0.122. The Bertz CT molecular complexity index is 556. The molecule has 7 nitrogen and oxygen atoms in total. The number of nitrogens with zero attached hydrogens (tertiary/aromatic N) is 4. The molecule has 0 aromatic carbocycles. The van der Waals surface area contributed by atoms with E-state index in [2.05, 4.69) is 30.2 Å². The van der Waals surface area contributed by atoms with Gasteiger partial charge in [-0.3, -0.25) is 4.79 Å². The van der Waals surface area contributed by atoms with Crippen molar-refractivity contribution in [3.63, 3.8) is 0 Å². The van der Waals surface area contributed by atoms with Crippen LogP contribution in [0.25, 0.3) is 0 Å². The SMILES string of the molecule is O=C(NC1CCCN(c2ncccn2)C1)c1cnc[nH]1. The van der Waals surface area contributed by atoms with Crippen molar-refractivity contribution in [3.05, 3.63) is 36.7 Å². The van der Waals surface area contributed by atoms with E-state index in [1.54, 1.807) is 18.5 Å². The zero-order valence-electron chi connectivity index (χ0n) is 11.0. The van der Waals surface area contributed by atoms with Gasteiger partial charge >= 0.3 is 0 Å². The maximum absolute atomic E-state index is 12.0. The summed E-state index contributed by atoms with van der Waals surface area (Å²) in [5.74, 6) is 0.594. The molecule has 1 unspecified atom stereocenters. The largest absolute Gasteiger partial charge is 0.346 e. The third-order valence-corrected chi connectivity index (χ3v) is 3.33. The molecule has 2 aromatic rings. The summed E-state index contributed by atoms with van der Waals surface area (Å²) in [6.07, 6.45) is 8.45. The third kappa shape index (κ3) is 2.76. The number of piperidine rings is 1. The molecule has 1 saturated heterocycles. The normalized spacial score (nSPS) is 18.8. The lowest BCUT2D eigenvalue weighted by Crippen LogP contribution is -2.48. The maximum atomic E-state index is 12.0. The van der Waals surface area contributed by atoms with E-state index in [0.29, 0.717) is 11.6 Å². The van der Waals surface area contributed by atoms with Crippen LogP contribution in [0.5, 0.6) is 0 Å². The molecule has 0 bridgehead atoms. The van der Waals surface area contributed by atoms with Crippen molar-refractivity contribution >= 4 is 11.9 Å². The number of aromatic amines is 1. The number of aromatic nitrogens is 4. The number of nitrogens with one attached hydrogen (secondary N) is 2. The van der Waals surface area contributed by atoms with Crippen LogP contribution >= 0.6 is 0 Å². The van der Waals surface area contributed by atoms with Gasteiger partial charge in [0.15, 0.2) is 0 Å². The van der Waals surface area contributed by atoms with E-state index in [9.17, 15) is 4.79 Å². The molecule has 0 aliphatic carbocycles. The van der Waals surface area contributed by atoms with Crippen molar-refractivity contribution in [1.82, 2.24) is 25.3 Å². The predicted octanol–water partition coefficient (Wildman–Crippen LogP) is 0.598. The zero-order chi connectivity index (χ0) is 13.8. The number of amides is 1. The summed E-state index contributed by atoms with van der Waals surface area (Å²) in [4.78, 5) is 29.2. The molecule has 0 radical (unpaired) electrons. The second kappa shape index (κ2) is 5.68. The van der Waals surface area contributed by atoms with Crippen LogP contribution in [0.2, 0.25) is 0 Å². The second-order valence-corrected chi connectivity index (χ2v) is 4.77. The van der Waals surface area contributed by atoms with Gasteiger partial charge in [-0.05, 0) is 18.9 Å². The number of imidazole rings is 1. The van der Waals surface area contributed by atoms with E-state index in [4.69, 9.17) is 0 Å². The van der Waals surface area contributed by atoms with Gasteiger partial charge in [0.1, 0.15) is 5.69 Å².